The van der Waals surface area contributed by atoms with Crippen LogP contribution in [0.25, 0.3) is 11.3 Å². The third-order valence-corrected chi connectivity index (χ3v) is 2.90. The van der Waals surface area contributed by atoms with E-state index in [-0.39, 0.29) is 17.0 Å². The summed E-state index contributed by atoms with van der Waals surface area (Å²) >= 11 is 0. The first-order valence-electron chi connectivity index (χ1n) is 5.91. The van der Waals surface area contributed by atoms with E-state index in [0.29, 0.717) is 0 Å². The highest BCUT2D eigenvalue weighted by Gasteiger charge is 2.34. The van der Waals surface area contributed by atoms with Crippen molar-refractivity contribution < 1.29 is 22.8 Å². The lowest BCUT2D eigenvalue weighted by molar-refractivity contribution is -0.385. The average Bonchev–Trinajstić information content (AvgIpc) is 2.45. The molecule has 22 heavy (non-hydrogen) atoms. The molecule has 0 fully saturated rings. The Morgan fingerprint density at radius 1 is 1.32 bits per heavy atom. The first kappa shape index (κ1) is 15.5. The maximum Gasteiger partial charge on any atom is 0.417 e. The van der Waals surface area contributed by atoms with E-state index in [1.165, 1.54) is 18.2 Å². The van der Waals surface area contributed by atoms with E-state index in [1.54, 1.807) is 0 Å². The molecular formula is C13H10F3N3O3. The number of hydrogen-bond acceptors (Lipinski definition) is 5. The van der Waals surface area contributed by atoms with E-state index >= 15 is 0 Å². The second-order valence-electron chi connectivity index (χ2n) is 4.24. The topological polar surface area (TPSA) is 91.3 Å². The predicted octanol–water partition coefficient (Wildman–Crippen LogP) is 3.27. The molecule has 2 rings (SSSR count). The molecule has 9 heteroatoms. The smallest absolute Gasteiger partial charge is 0.417 e. The number of benzene rings is 1. The van der Waals surface area contributed by atoms with E-state index in [1.807, 2.05) is 0 Å². The van der Waals surface area contributed by atoms with Crippen molar-refractivity contribution in [3.05, 3.63) is 46.0 Å². The number of halogens is 3. The van der Waals surface area contributed by atoms with Gasteiger partial charge in [0.25, 0.3) is 0 Å². The van der Waals surface area contributed by atoms with Crippen LogP contribution >= 0.6 is 0 Å². The zero-order chi connectivity index (χ0) is 16.5. The van der Waals surface area contributed by atoms with E-state index < -0.39 is 28.2 Å². The maximum atomic E-state index is 13.0. The lowest BCUT2D eigenvalue weighted by Crippen LogP contribution is -2.08. The Kier molecular flexibility index (Phi) is 3.89. The van der Waals surface area contributed by atoms with Gasteiger partial charge in [-0.25, -0.2) is 4.98 Å². The van der Waals surface area contributed by atoms with Crippen LogP contribution in [0.2, 0.25) is 0 Å². The van der Waals surface area contributed by atoms with Gasteiger partial charge in [-0.05, 0) is 6.07 Å². The first-order valence-corrected chi connectivity index (χ1v) is 5.91. The fourth-order valence-corrected chi connectivity index (χ4v) is 1.96. The average molecular weight is 313 g/mol. The highest BCUT2D eigenvalue weighted by molar-refractivity contribution is 5.73. The molecule has 0 aliphatic carbocycles. The van der Waals surface area contributed by atoms with Crippen LogP contribution in [-0.2, 0) is 6.18 Å². The summed E-state index contributed by atoms with van der Waals surface area (Å²) < 4.78 is 43.9. The standard InChI is InChI=1S/C13H10F3N3O3/c1-22-10-6-9(18-12(17)11(10)19(20)21)7-4-2-3-5-8(7)13(14,15)16/h2-6H,1H3,(H2,17,18). The van der Waals surface area contributed by atoms with Crippen molar-refractivity contribution >= 4 is 11.5 Å². The molecule has 0 bridgehead atoms. The molecule has 1 aromatic heterocycles. The number of anilines is 1. The summed E-state index contributed by atoms with van der Waals surface area (Å²) in [6.07, 6.45) is -4.60. The third kappa shape index (κ3) is 2.78. The molecule has 0 spiro atoms. The lowest BCUT2D eigenvalue weighted by Gasteiger charge is -2.13. The molecule has 2 aromatic rings. The molecule has 0 unspecified atom stereocenters. The number of methoxy groups -OCH3 is 1. The molecule has 2 N–H and O–H groups in total. The Morgan fingerprint density at radius 3 is 2.50 bits per heavy atom. The van der Waals surface area contributed by atoms with Gasteiger partial charge in [-0.15, -0.1) is 0 Å². The molecule has 0 saturated heterocycles. The van der Waals surface area contributed by atoms with Gasteiger partial charge >= 0.3 is 11.9 Å². The fourth-order valence-electron chi connectivity index (χ4n) is 1.96. The molecule has 6 nitrogen and oxygen atoms in total. The highest BCUT2D eigenvalue weighted by Crippen LogP contribution is 2.40. The number of pyridine rings is 1. The van der Waals surface area contributed by atoms with Crippen molar-refractivity contribution in [1.29, 1.82) is 0 Å². The van der Waals surface area contributed by atoms with Gasteiger partial charge in [0.05, 0.1) is 23.3 Å². The van der Waals surface area contributed by atoms with Gasteiger partial charge in [0.1, 0.15) is 0 Å². The van der Waals surface area contributed by atoms with Gasteiger partial charge in [0.15, 0.2) is 0 Å². The van der Waals surface area contributed by atoms with E-state index in [2.05, 4.69) is 4.98 Å². The first-order chi connectivity index (χ1) is 10.3. The van der Waals surface area contributed by atoms with Crippen molar-refractivity contribution in [3.63, 3.8) is 0 Å². The quantitative estimate of drug-likeness (QED) is 0.693. The van der Waals surface area contributed by atoms with Gasteiger partial charge in [-0.2, -0.15) is 13.2 Å². The number of rotatable bonds is 3. The number of nitro groups is 1. The number of alkyl halides is 3. The maximum absolute atomic E-state index is 13.0. The second kappa shape index (κ2) is 5.51. The SMILES string of the molecule is COc1cc(-c2ccccc2C(F)(F)F)nc(N)c1[N+](=O)[O-]. The van der Waals surface area contributed by atoms with Crippen molar-refractivity contribution in [2.24, 2.45) is 0 Å². The van der Waals surface area contributed by atoms with Crippen LogP contribution in [-0.4, -0.2) is 17.0 Å². The molecule has 1 heterocycles. The number of ether oxygens (including phenoxy) is 1. The molecule has 0 amide bonds. The van der Waals surface area contributed by atoms with Gasteiger partial charge in [0, 0.05) is 11.6 Å². The van der Waals surface area contributed by atoms with Crippen LogP contribution in [0.5, 0.6) is 5.75 Å². The highest BCUT2D eigenvalue weighted by atomic mass is 19.4. The zero-order valence-corrected chi connectivity index (χ0v) is 11.2. The van der Waals surface area contributed by atoms with Crippen LogP contribution in [0, 0.1) is 10.1 Å². The molecule has 116 valence electrons. The Labute approximate surface area is 122 Å². The lowest BCUT2D eigenvalue weighted by atomic mass is 10.0. The van der Waals surface area contributed by atoms with Crippen LogP contribution in [0.15, 0.2) is 30.3 Å². The molecule has 0 aliphatic rings. The number of nitrogens with two attached hydrogens (primary N) is 1. The summed E-state index contributed by atoms with van der Waals surface area (Å²) in [6, 6.07) is 5.78. The minimum Gasteiger partial charge on any atom is -0.490 e. The normalized spacial score (nSPS) is 11.3. The predicted molar refractivity (Wildman–Crippen MR) is 72.3 cm³/mol. The summed E-state index contributed by atoms with van der Waals surface area (Å²) in [5, 5.41) is 10.9. The third-order valence-electron chi connectivity index (χ3n) is 2.90. The number of hydrogen-bond donors (Lipinski definition) is 1. The number of nitrogens with zero attached hydrogens (tertiary/aromatic N) is 2. The molecule has 1 aromatic carbocycles. The van der Waals surface area contributed by atoms with Crippen LogP contribution in [0.4, 0.5) is 24.7 Å². The fraction of sp³-hybridized carbons (Fsp3) is 0.154. The molecular weight excluding hydrogens is 303 g/mol. The van der Waals surface area contributed by atoms with E-state index in [0.717, 1.165) is 19.2 Å². The van der Waals surface area contributed by atoms with E-state index in [4.69, 9.17) is 10.5 Å². The Bertz CT molecular complexity index is 732. The van der Waals surface area contributed by atoms with Crippen LogP contribution in [0.1, 0.15) is 5.56 Å². The van der Waals surface area contributed by atoms with E-state index in [9.17, 15) is 23.3 Å². The van der Waals surface area contributed by atoms with Crippen molar-refractivity contribution in [2.75, 3.05) is 12.8 Å². The summed E-state index contributed by atoms with van der Waals surface area (Å²) in [6.45, 7) is 0. The van der Waals surface area contributed by atoms with Gasteiger partial charge in [-0.3, -0.25) is 10.1 Å². The minimum atomic E-state index is -4.60. The molecule has 0 atom stereocenters. The Balaban J connectivity index is 2.70. The summed E-state index contributed by atoms with van der Waals surface area (Å²) in [4.78, 5) is 13.8. The summed E-state index contributed by atoms with van der Waals surface area (Å²) in [7, 11) is 1.15. The van der Waals surface area contributed by atoms with Crippen molar-refractivity contribution in [3.8, 4) is 17.0 Å². The largest absolute Gasteiger partial charge is 0.490 e. The second-order valence-corrected chi connectivity index (χ2v) is 4.24. The van der Waals surface area contributed by atoms with Crippen molar-refractivity contribution in [1.82, 2.24) is 4.98 Å². The van der Waals surface area contributed by atoms with Crippen LogP contribution in [0.3, 0.4) is 0 Å². The molecule has 0 aliphatic heterocycles. The zero-order valence-electron chi connectivity index (χ0n) is 11.2. The van der Waals surface area contributed by atoms with Gasteiger partial charge in [0.2, 0.25) is 11.6 Å². The summed E-state index contributed by atoms with van der Waals surface area (Å²) in [5.41, 5.74) is 3.57. The van der Waals surface area contributed by atoms with Crippen LogP contribution < -0.4 is 10.5 Å². The molecule has 0 saturated carbocycles. The number of aromatic nitrogens is 1. The van der Waals surface area contributed by atoms with Gasteiger partial charge in [-0.1, -0.05) is 18.2 Å². The summed E-state index contributed by atoms with van der Waals surface area (Å²) in [5.74, 6) is -0.777. The Hall–Kier alpha value is -2.84. The van der Waals surface area contributed by atoms with Gasteiger partial charge < -0.3 is 10.5 Å². The molecule has 0 radical (unpaired) electrons. The Morgan fingerprint density at radius 2 is 1.95 bits per heavy atom. The monoisotopic (exact) mass is 313 g/mol. The minimum absolute atomic E-state index is 0.159. The number of nitrogen functional groups attached to an aromatic ring is 1. The van der Waals surface area contributed by atoms with Crippen molar-refractivity contribution in [2.45, 2.75) is 6.18 Å².